The highest BCUT2D eigenvalue weighted by Crippen LogP contribution is 2.37. The van der Waals surface area contributed by atoms with Gasteiger partial charge in [-0.05, 0) is 18.9 Å². The molecular formula is C18H17F3N4O5. The second-order valence-electron chi connectivity index (χ2n) is 6.65. The van der Waals surface area contributed by atoms with Gasteiger partial charge in [0.2, 0.25) is 5.82 Å². The van der Waals surface area contributed by atoms with E-state index in [1.807, 2.05) is 0 Å². The molecule has 1 aliphatic rings. The maximum atomic E-state index is 13.1. The molecule has 1 N–H and O–H groups in total. The number of alkyl halides is 3. The molecule has 0 radical (unpaired) electrons. The monoisotopic (exact) mass is 426 g/mol. The number of hydrogen-bond donors (Lipinski definition) is 1. The van der Waals surface area contributed by atoms with Crippen molar-refractivity contribution < 1.29 is 32.7 Å². The quantitative estimate of drug-likeness (QED) is 0.552. The third-order valence-electron chi connectivity index (χ3n) is 4.78. The fourth-order valence-corrected chi connectivity index (χ4v) is 3.26. The van der Waals surface area contributed by atoms with Gasteiger partial charge >= 0.3 is 17.8 Å². The minimum absolute atomic E-state index is 0.0575. The number of carbonyl (C=O) groups is 1. The van der Waals surface area contributed by atoms with Gasteiger partial charge < -0.3 is 14.7 Å². The maximum Gasteiger partial charge on any atom is 0.416 e. The summed E-state index contributed by atoms with van der Waals surface area (Å²) in [6.45, 7) is -0.121. The Hall–Kier alpha value is -3.44. The number of piperidine rings is 1. The summed E-state index contributed by atoms with van der Waals surface area (Å²) in [6.07, 6.45) is -3.01. The largest absolute Gasteiger partial charge is 0.481 e. The molecule has 0 saturated carbocycles. The number of nitrogens with zero attached hydrogens (tertiary/aromatic N) is 4. The number of halogens is 3. The van der Waals surface area contributed by atoms with Crippen LogP contribution in [0.15, 0.2) is 30.6 Å². The molecule has 160 valence electrons. The lowest BCUT2D eigenvalue weighted by Gasteiger charge is -2.30. The first-order valence-electron chi connectivity index (χ1n) is 8.93. The highest BCUT2D eigenvalue weighted by molar-refractivity contribution is 5.71. The van der Waals surface area contributed by atoms with E-state index >= 15 is 0 Å². The number of anilines is 1. The Kier molecular flexibility index (Phi) is 6.04. The van der Waals surface area contributed by atoms with Crippen molar-refractivity contribution in [3.05, 3.63) is 51.8 Å². The molecule has 0 bridgehead atoms. The van der Waals surface area contributed by atoms with Crippen molar-refractivity contribution >= 4 is 17.5 Å². The predicted octanol–water partition coefficient (Wildman–Crippen LogP) is 3.28. The summed E-state index contributed by atoms with van der Waals surface area (Å²) in [6, 6.07) is 4.75. The second kappa shape index (κ2) is 8.51. The number of hydrogen-bond acceptors (Lipinski definition) is 7. The van der Waals surface area contributed by atoms with Crippen LogP contribution in [0.25, 0.3) is 0 Å². The van der Waals surface area contributed by atoms with E-state index in [1.165, 1.54) is 18.2 Å². The molecule has 12 heteroatoms. The van der Waals surface area contributed by atoms with Crippen LogP contribution in [0.2, 0.25) is 0 Å². The summed E-state index contributed by atoms with van der Waals surface area (Å²) in [5.74, 6) is -1.99. The Morgan fingerprint density at radius 1 is 1.27 bits per heavy atom. The molecule has 1 saturated heterocycles. The van der Waals surface area contributed by atoms with Crippen molar-refractivity contribution in [2.75, 3.05) is 18.0 Å². The van der Waals surface area contributed by atoms with Crippen LogP contribution in [0, 0.1) is 16.0 Å². The van der Waals surface area contributed by atoms with E-state index in [0.717, 1.165) is 12.4 Å². The van der Waals surface area contributed by atoms with Gasteiger partial charge in [0.05, 0.1) is 16.4 Å². The molecule has 2 aromatic rings. The standard InChI is InChI=1S/C18H17F3N4O5/c19-18(20,21)13-4-2-1-3-12(13)9-30-16-14(25(28)29)15(22-10-23-16)24-7-5-11(6-8-24)17(26)27/h1-4,10-11H,5-9H2,(H,26,27). The summed E-state index contributed by atoms with van der Waals surface area (Å²) >= 11 is 0. The minimum Gasteiger partial charge on any atom is -0.481 e. The van der Waals surface area contributed by atoms with E-state index in [1.54, 1.807) is 4.90 Å². The number of carboxylic acid groups (broad SMARTS) is 1. The van der Waals surface area contributed by atoms with E-state index < -0.39 is 46.7 Å². The first-order valence-corrected chi connectivity index (χ1v) is 8.93. The molecule has 30 heavy (non-hydrogen) atoms. The Morgan fingerprint density at radius 3 is 2.53 bits per heavy atom. The summed E-state index contributed by atoms with van der Waals surface area (Å²) < 4.78 is 44.7. The van der Waals surface area contributed by atoms with E-state index in [-0.39, 0.29) is 37.3 Å². The van der Waals surface area contributed by atoms with Gasteiger partial charge in [-0.1, -0.05) is 18.2 Å². The van der Waals surface area contributed by atoms with Gasteiger partial charge in [0.25, 0.3) is 5.88 Å². The Bertz CT molecular complexity index is 946. The van der Waals surface area contributed by atoms with Gasteiger partial charge in [-0.25, -0.2) is 4.98 Å². The highest BCUT2D eigenvalue weighted by atomic mass is 19.4. The molecule has 1 aromatic heterocycles. The zero-order valence-electron chi connectivity index (χ0n) is 15.5. The third kappa shape index (κ3) is 4.58. The van der Waals surface area contributed by atoms with Crippen molar-refractivity contribution in [1.82, 2.24) is 9.97 Å². The zero-order chi connectivity index (χ0) is 21.9. The van der Waals surface area contributed by atoms with Crippen LogP contribution in [-0.2, 0) is 17.6 Å². The molecule has 0 unspecified atom stereocenters. The molecule has 0 atom stereocenters. The van der Waals surface area contributed by atoms with E-state index in [4.69, 9.17) is 9.84 Å². The Balaban J connectivity index is 1.85. The van der Waals surface area contributed by atoms with Crippen LogP contribution in [-0.4, -0.2) is 39.1 Å². The molecular weight excluding hydrogens is 409 g/mol. The number of nitro groups is 1. The summed E-state index contributed by atoms with van der Waals surface area (Å²) in [5, 5.41) is 20.7. The highest BCUT2D eigenvalue weighted by Gasteiger charge is 2.35. The minimum atomic E-state index is -4.60. The zero-order valence-corrected chi connectivity index (χ0v) is 15.5. The van der Waals surface area contributed by atoms with Gasteiger partial charge in [-0.3, -0.25) is 14.9 Å². The maximum absolute atomic E-state index is 13.1. The van der Waals surface area contributed by atoms with E-state index in [0.29, 0.717) is 0 Å². The number of aliphatic carboxylic acids is 1. The van der Waals surface area contributed by atoms with Gasteiger partial charge in [0.15, 0.2) is 0 Å². The Morgan fingerprint density at radius 2 is 1.93 bits per heavy atom. The molecule has 9 nitrogen and oxygen atoms in total. The van der Waals surface area contributed by atoms with Crippen LogP contribution in [0.3, 0.4) is 0 Å². The molecule has 0 amide bonds. The first-order chi connectivity index (χ1) is 14.2. The summed E-state index contributed by atoms with van der Waals surface area (Å²) in [4.78, 5) is 31.2. The molecule has 1 aromatic carbocycles. The number of ether oxygens (including phenoxy) is 1. The summed E-state index contributed by atoms with van der Waals surface area (Å²) in [5.41, 5.74) is -1.67. The van der Waals surface area contributed by atoms with Crippen LogP contribution >= 0.6 is 0 Å². The van der Waals surface area contributed by atoms with Crippen LogP contribution in [0.1, 0.15) is 24.0 Å². The van der Waals surface area contributed by atoms with Gasteiger partial charge in [-0.2, -0.15) is 18.2 Å². The SMILES string of the molecule is O=C(O)C1CCN(c2ncnc(OCc3ccccc3C(F)(F)F)c2[N+](=O)[O-])CC1. The van der Waals surface area contributed by atoms with Crippen molar-refractivity contribution in [2.45, 2.75) is 25.6 Å². The average molecular weight is 426 g/mol. The van der Waals surface area contributed by atoms with Crippen LogP contribution in [0.5, 0.6) is 5.88 Å². The molecule has 0 spiro atoms. The lowest BCUT2D eigenvalue weighted by Crippen LogP contribution is -2.37. The number of rotatable bonds is 6. The smallest absolute Gasteiger partial charge is 0.416 e. The van der Waals surface area contributed by atoms with Crippen molar-refractivity contribution in [2.24, 2.45) is 5.92 Å². The predicted molar refractivity (Wildman–Crippen MR) is 97.0 cm³/mol. The van der Waals surface area contributed by atoms with Crippen molar-refractivity contribution in [3.63, 3.8) is 0 Å². The molecule has 3 rings (SSSR count). The van der Waals surface area contributed by atoms with Gasteiger partial charge in [0, 0.05) is 18.7 Å². The van der Waals surface area contributed by atoms with Crippen LogP contribution in [0.4, 0.5) is 24.7 Å². The average Bonchev–Trinajstić information content (AvgIpc) is 2.71. The Labute approximate surface area is 168 Å². The number of benzene rings is 1. The lowest BCUT2D eigenvalue weighted by atomic mass is 9.97. The van der Waals surface area contributed by atoms with E-state index in [2.05, 4.69) is 9.97 Å². The normalized spacial score (nSPS) is 15.1. The molecule has 1 fully saturated rings. The fraction of sp³-hybridized carbons (Fsp3) is 0.389. The third-order valence-corrected chi connectivity index (χ3v) is 4.78. The van der Waals surface area contributed by atoms with Crippen molar-refractivity contribution in [1.29, 1.82) is 0 Å². The lowest BCUT2D eigenvalue weighted by molar-refractivity contribution is -0.385. The number of carboxylic acids is 1. The van der Waals surface area contributed by atoms with Gasteiger partial charge in [-0.15, -0.1) is 0 Å². The molecule has 2 heterocycles. The second-order valence-corrected chi connectivity index (χ2v) is 6.65. The van der Waals surface area contributed by atoms with E-state index in [9.17, 15) is 28.1 Å². The molecule has 1 aliphatic heterocycles. The molecule has 0 aliphatic carbocycles. The fourth-order valence-electron chi connectivity index (χ4n) is 3.26. The number of aromatic nitrogens is 2. The first kappa shape index (κ1) is 21.3. The van der Waals surface area contributed by atoms with Crippen molar-refractivity contribution in [3.8, 4) is 5.88 Å². The topological polar surface area (TPSA) is 119 Å². The summed E-state index contributed by atoms with van der Waals surface area (Å²) in [7, 11) is 0. The van der Waals surface area contributed by atoms with Crippen LogP contribution < -0.4 is 9.64 Å². The van der Waals surface area contributed by atoms with Gasteiger partial charge in [0.1, 0.15) is 12.9 Å².